The maximum absolute atomic E-state index is 13.2. The normalized spacial score (nSPS) is 11.6. The summed E-state index contributed by atoms with van der Waals surface area (Å²) in [6.07, 6.45) is 0.487. The number of benzene rings is 3. The number of likely N-dealkylation sites (N-methyl/N-ethyl adjacent to an activating group) is 1. The molecule has 0 saturated carbocycles. The van der Waals surface area contributed by atoms with E-state index in [4.69, 9.17) is 9.47 Å². The van der Waals surface area contributed by atoms with E-state index in [1.165, 1.54) is 0 Å². The maximum Gasteiger partial charge on any atom is 0.261 e. The van der Waals surface area contributed by atoms with Gasteiger partial charge in [-0.25, -0.2) is 0 Å². The number of amides is 2. The Hall–Kier alpha value is -3.06. The van der Waals surface area contributed by atoms with Gasteiger partial charge in [0.2, 0.25) is 5.91 Å². The minimum absolute atomic E-state index is 0.180. The maximum atomic E-state index is 13.2. The summed E-state index contributed by atoms with van der Waals surface area (Å²) >= 11 is 3.59. The topological polar surface area (TPSA) is 67.9 Å². The number of carbonyl (C=O) groups excluding carboxylic acids is 2. The van der Waals surface area contributed by atoms with Crippen molar-refractivity contribution in [2.24, 2.45) is 0 Å². The molecule has 1 N–H and O–H groups in total. The van der Waals surface area contributed by atoms with Gasteiger partial charge in [-0.1, -0.05) is 49.4 Å². The van der Waals surface area contributed by atoms with Gasteiger partial charge in [0.1, 0.15) is 17.5 Å². The van der Waals surface area contributed by atoms with Crippen LogP contribution in [-0.4, -0.2) is 43.5 Å². The monoisotopic (exact) mass is 498 g/mol. The van der Waals surface area contributed by atoms with E-state index in [1.54, 1.807) is 19.1 Å². The smallest absolute Gasteiger partial charge is 0.261 e. The lowest BCUT2D eigenvalue weighted by Gasteiger charge is -2.30. The van der Waals surface area contributed by atoms with Crippen molar-refractivity contribution in [2.45, 2.75) is 25.9 Å². The average molecular weight is 499 g/mol. The zero-order valence-corrected chi connectivity index (χ0v) is 20.0. The van der Waals surface area contributed by atoms with Gasteiger partial charge in [0, 0.05) is 13.6 Å². The Kier molecular flexibility index (Phi) is 8.11. The molecule has 2 amide bonds. The number of nitrogens with one attached hydrogen (secondary N) is 1. The molecule has 168 valence electrons. The van der Waals surface area contributed by atoms with Crippen molar-refractivity contribution in [3.63, 3.8) is 0 Å². The quantitative estimate of drug-likeness (QED) is 0.470. The molecule has 0 spiro atoms. The number of halogens is 1. The van der Waals surface area contributed by atoms with Crippen LogP contribution in [0.15, 0.2) is 65.1 Å². The lowest BCUT2D eigenvalue weighted by Crippen LogP contribution is -2.49. The van der Waals surface area contributed by atoms with E-state index in [-0.39, 0.29) is 25.0 Å². The molecule has 32 heavy (non-hydrogen) atoms. The Morgan fingerprint density at radius 1 is 1.06 bits per heavy atom. The number of hydrogen-bond acceptors (Lipinski definition) is 4. The first-order chi connectivity index (χ1) is 15.5. The van der Waals surface area contributed by atoms with Crippen LogP contribution in [0.2, 0.25) is 0 Å². The number of carbonyl (C=O) groups is 2. The Bertz CT molecular complexity index is 1080. The number of nitrogens with zero attached hydrogens (tertiary/aromatic N) is 1. The van der Waals surface area contributed by atoms with Crippen LogP contribution < -0.4 is 14.8 Å². The fourth-order valence-corrected chi connectivity index (χ4v) is 4.17. The second-order valence-corrected chi connectivity index (χ2v) is 8.09. The molecule has 3 rings (SSSR count). The SMILES string of the molecule is CC[C@@H](C(=O)NC)N(Cc1ccc(OC)cc1)C(=O)COc1ccc2ccccc2c1Br. The highest BCUT2D eigenvalue weighted by atomic mass is 79.9. The van der Waals surface area contributed by atoms with E-state index in [9.17, 15) is 9.59 Å². The lowest BCUT2D eigenvalue weighted by atomic mass is 10.1. The molecule has 0 aliphatic rings. The molecule has 0 radical (unpaired) electrons. The summed E-state index contributed by atoms with van der Waals surface area (Å²) < 4.78 is 11.9. The van der Waals surface area contributed by atoms with Crippen molar-refractivity contribution >= 4 is 38.5 Å². The number of fused-ring (bicyclic) bond motifs is 1. The van der Waals surface area contributed by atoms with Gasteiger partial charge in [0.05, 0.1) is 11.6 Å². The van der Waals surface area contributed by atoms with E-state index in [1.807, 2.05) is 67.6 Å². The third-order valence-corrected chi connectivity index (χ3v) is 6.14. The van der Waals surface area contributed by atoms with Gasteiger partial charge in [-0.3, -0.25) is 9.59 Å². The fraction of sp³-hybridized carbons (Fsp3) is 0.280. The first-order valence-electron chi connectivity index (χ1n) is 10.4. The molecule has 1 atom stereocenters. The van der Waals surface area contributed by atoms with Crippen LogP contribution in [0.1, 0.15) is 18.9 Å². The van der Waals surface area contributed by atoms with Crippen LogP contribution in [0, 0.1) is 0 Å². The van der Waals surface area contributed by atoms with Gasteiger partial charge < -0.3 is 19.7 Å². The molecule has 6 nitrogen and oxygen atoms in total. The number of ether oxygens (including phenoxy) is 2. The second kappa shape index (κ2) is 11.0. The molecule has 0 heterocycles. The minimum atomic E-state index is -0.599. The molecule has 0 unspecified atom stereocenters. The second-order valence-electron chi connectivity index (χ2n) is 7.30. The molecule has 3 aromatic carbocycles. The van der Waals surface area contributed by atoms with Gasteiger partial charge in [-0.2, -0.15) is 0 Å². The van der Waals surface area contributed by atoms with Crippen molar-refractivity contribution < 1.29 is 19.1 Å². The molecular formula is C25H27BrN2O4. The highest BCUT2D eigenvalue weighted by Crippen LogP contribution is 2.33. The van der Waals surface area contributed by atoms with E-state index < -0.39 is 6.04 Å². The predicted octanol–water partition coefficient (Wildman–Crippen LogP) is 4.54. The Morgan fingerprint density at radius 3 is 2.44 bits per heavy atom. The Labute approximate surface area is 196 Å². The van der Waals surface area contributed by atoms with Crippen LogP contribution in [0.4, 0.5) is 0 Å². The number of methoxy groups -OCH3 is 1. The van der Waals surface area contributed by atoms with Gasteiger partial charge in [0.25, 0.3) is 5.91 Å². The van der Waals surface area contributed by atoms with E-state index in [2.05, 4.69) is 21.2 Å². The third kappa shape index (κ3) is 5.40. The molecule has 0 bridgehead atoms. The van der Waals surface area contributed by atoms with Crippen LogP contribution in [0.3, 0.4) is 0 Å². The molecular weight excluding hydrogens is 472 g/mol. The fourth-order valence-electron chi connectivity index (χ4n) is 3.56. The molecule has 7 heteroatoms. The Balaban J connectivity index is 1.81. The molecule has 0 aliphatic heterocycles. The number of hydrogen-bond donors (Lipinski definition) is 1. The molecule has 0 aromatic heterocycles. The molecule has 0 aliphatic carbocycles. The largest absolute Gasteiger partial charge is 0.497 e. The lowest BCUT2D eigenvalue weighted by molar-refractivity contribution is -0.142. The van der Waals surface area contributed by atoms with Crippen LogP contribution in [0.5, 0.6) is 11.5 Å². The average Bonchev–Trinajstić information content (AvgIpc) is 2.83. The molecule has 3 aromatic rings. The van der Waals surface area contributed by atoms with Gasteiger partial charge >= 0.3 is 0 Å². The number of rotatable bonds is 9. The van der Waals surface area contributed by atoms with Crippen LogP contribution >= 0.6 is 15.9 Å². The zero-order valence-electron chi connectivity index (χ0n) is 18.4. The first-order valence-corrected chi connectivity index (χ1v) is 11.2. The summed E-state index contributed by atoms with van der Waals surface area (Å²) in [5, 5.41) is 4.74. The van der Waals surface area contributed by atoms with Gasteiger partial charge in [0.15, 0.2) is 6.61 Å². The summed E-state index contributed by atoms with van der Waals surface area (Å²) in [5.41, 5.74) is 0.897. The summed E-state index contributed by atoms with van der Waals surface area (Å²) in [6.45, 7) is 1.99. The van der Waals surface area contributed by atoms with Crippen molar-refractivity contribution in [1.29, 1.82) is 0 Å². The van der Waals surface area contributed by atoms with Crippen molar-refractivity contribution in [2.75, 3.05) is 20.8 Å². The highest BCUT2D eigenvalue weighted by Gasteiger charge is 2.28. The van der Waals surface area contributed by atoms with E-state index in [0.29, 0.717) is 12.2 Å². The third-order valence-electron chi connectivity index (χ3n) is 5.32. The minimum Gasteiger partial charge on any atom is -0.497 e. The molecule has 0 saturated heterocycles. The van der Waals surface area contributed by atoms with Crippen LogP contribution in [0.25, 0.3) is 10.8 Å². The van der Waals surface area contributed by atoms with E-state index >= 15 is 0 Å². The summed E-state index contributed by atoms with van der Waals surface area (Å²) in [6, 6.07) is 18.6. The summed E-state index contributed by atoms with van der Waals surface area (Å²) in [4.78, 5) is 27.3. The van der Waals surface area contributed by atoms with Crippen molar-refractivity contribution in [3.8, 4) is 11.5 Å². The summed E-state index contributed by atoms with van der Waals surface area (Å²) in [5.74, 6) is 0.835. The van der Waals surface area contributed by atoms with Gasteiger partial charge in [-0.05, 0) is 56.9 Å². The summed E-state index contributed by atoms with van der Waals surface area (Å²) in [7, 11) is 3.18. The van der Waals surface area contributed by atoms with Gasteiger partial charge in [-0.15, -0.1) is 0 Å². The van der Waals surface area contributed by atoms with Crippen molar-refractivity contribution in [3.05, 3.63) is 70.7 Å². The molecule has 0 fully saturated rings. The standard InChI is InChI=1S/C25H27BrN2O4/c1-4-21(25(30)27-2)28(15-17-9-12-19(31-3)13-10-17)23(29)16-32-22-14-11-18-7-5-6-8-20(18)24(22)26/h5-14,21H,4,15-16H2,1-3H3,(H,27,30)/t21-/m0/s1. The van der Waals surface area contributed by atoms with E-state index in [0.717, 1.165) is 26.6 Å². The van der Waals surface area contributed by atoms with Crippen LogP contribution in [-0.2, 0) is 16.1 Å². The Morgan fingerprint density at radius 2 is 1.78 bits per heavy atom. The van der Waals surface area contributed by atoms with Crippen molar-refractivity contribution in [1.82, 2.24) is 10.2 Å². The predicted molar refractivity (Wildman–Crippen MR) is 129 cm³/mol. The first kappa shape index (κ1) is 23.6. The zero-order chi connectivity index (χ0) is 23.1. The highest BCUT2D eigenvalue weighted by molar-refractivity contribution is 9.10.